The van der Waals surface area contributed by atoms with E-state index in [9.17, 15) is 4.79 Å². The van der Waals surface area contributed by atoms with Gasteiger partial charge in [0.05, 0.1) is 18.7 Å². The molecule has 122 valence electrons. The Labute approximate surface area is 142 Å². The standard InChI is InChI=1S/C20H20N2O2/c1-24-19-7-3-2-5-17(19)13-18-6-4-12-22(18)20(23)16-10-8-15(14-21)9-11-16/h2-3,5,7-11,18H,4,6,12-13H2,1H3. The molecule has 0 aromatic heterocycles. The molecule has 2 aromatic carbocycles. The molecule has 0 aliphatic carbocycles. The summed E-state index contributed by atoms with van der Waals surface area (Å²) < 4.78 is 5.43. The lowest BCUT2D eigenvalue weighted by atomic mass is 10.0. The molecule has 1 aliphatic heterocycles. The van der Waals surface area contributed by atoms with E-state index >= 15 is 0 Å². The summed E-state index contributed by atoms with van der Waals surface area (Å²) >= 11 is 0. The third-order valence-corrected chi connectivity index (χ3v) is 4.55. The van der Waals surface area contributed by atoms with Gasteiger partial charge in [-0.25, -0.2) is 0 Å². The lowest BCUT2D eigenvalue weighted by Crippen LogP contribution is -2.36. The fraction of sp³-hybridized carbons (Fsp3) is 0.300. The molecule has 1 saturated heterocycles. The maximum absolute atomic E-state index is 12.8. The first-order valence-corrected chi connectivity index (χ1v) is 8.16. The normalized spacial score (nSPS) is 16.7. The maximum atomic E-state index is 12.8. The van der Waals surface area contributed by atoms with E-state index in [1.807, 2.05) is 23.1 Å². The molecule has 0 saturated carbocycles. The molecule has 4 nitrogen and oxygen atoms in total. The molecule has 24 heavy (non-hydrogen) atoms. The van der Waals surface area contributed by atoms with Crippen molar-refractivity contribution in [1.29, 1.82) is 5.26 Å². The van der Waals surface area contributed by atoms with E-state index in [2.05, 4.69) is 12.1 Å². The molecule has 0 radical (unpaired) electrons. The van der Waals surface area contributed by atoms with Crippen LogP contribution >= 0.6 is 0 Å². The molecule has 1 fully saturated rings. The topological polar surface area (TPSA) is 53.3 Å². The van der Waals surface area contributed by atoms with Gasteiger partial charge < -0.3 is 9.64 Å². The van der Waals surface area contributed by atoms with E-state index in [0.29, 0.717) is 11.1 Å². The van der Waals surface area contributed by atoms with Gasteiger partial charge in [0.1, 0.15) is 5.75 Å². The quantitative estimate of drug-likeness (QED) is 0.867. The maximum Gasteiger partial charge on any atom is 0.254 e. The Hall–Kier alpha value is -2.80. The molecule has 2 aromatic rings. The van der Waals surface area contributed by atoms with Crippen molar-refractivity contribution in [3.63, 3.8) is 0 Å². The van der Waals surface area contributed by atoms with Crippen LogP contribution < -0.4 is 4.74 Å². The molecular weight excluding hydrogens is 300 g/mol. The van der Waals surface area contributed by atoms with E-state index in [0.717, 1.165) is 37.1 Å². The predicted molar refractivity (Wildman–Crippen MR) is 91.9 cm³/mol. The van der Waals surface area contributed by atoms with Crippen LogP contribution in [0.4, 0.5) is 0 Å². The zero-order chi connectivity index (χ0) is 16.9. The van der Waals surface area contributed by atoms with Gasteiger partial charge in [-0.2, -0.15) is 5.26 Å². The largest absolute Gasteiger partial charge is 0.496 e. The number of para-hydroxylation sites is 1. The summed E-state index contributed by atoms with van der Waals surface area (Å²) in [6.07, 6.45) is 2.81. The van der Waals surface area contributed by atoms with Gasteiger partial charge in [0.25, 0.3) is 5.91 Å². The first-order chi connectivity index (χ1) is 11.7. The van der Waals surface area contributed by atoms with Crippen LogP contribution in [0.1, 0.15) is 34.3 Å². The van der Waals surface area contributed by atoms with Gasteiger partial charge in [-0.05, 0) is 55.2 Å². The third kappa shape index (κ3) is 3.26. The molecule has 0 spiro atoms. The number of likely N-dealkylation sites (tertiary alicyclic amines) is 1. The Morgan fingerprint density at radius 2 is 2.00 bits per heavy atom. The van der Waals surface area contributed by atoms with Crippen LogP contribution in [0.25, 0.3) is 0 Å². The summed E-state index contributed by atoms with van der Waals surface area (Å²) in [6, 6.07) is 17.1. The minimum atomic E-state index is 0.0388. The van der Waals surface area contributed by atoms with Crippen LogP contribution in [0.2, 0.25) is 0 Å². The number of rotatable bonds is 4. The summed E-state index contributed by atoms with van der Waals surface area (Å²) in [7, 11) is 1.67. The van der Waals surface area contributed by atoms with Crippen molar-refractivity contribution in [2.45, 2.75) is 25.3 Å². The van der Waals surface area contributed by atoms with Gasteiger partial charge in [-0.15, -0.1) is 0 Å². The monoisotopic (exact) mass is 320 g/mol. The highest BCUT2D eigenvalue weighted by atomic mass is 16.5. The Kier molecular flexibility index (Phi) is 4.81. The van der Waals surface area contributed by atoms with Crippen molar-refractivity contribution in [2.24, 2.45) is 0 Å². The Balaban J connectivity index is 1.77. The molecule has 1 aliphatic rings. The van der Waals surface area contributed by atoms with Gasteiger partial charge in [0, 0.05) is 18.2 Å². The highest BCUT2D eigenvalue weighted by Gasteiger charge is 2.30. The lowest BCUT2D eigenvalue weighted by Gasteiger charge is -2.25. The fourth-order valence-corrected chi connectivity index (χ4v) is 3.29. The zero-order valence-electron chi connectivity index (χ0n) is 13.7. The van der Waals surface area contributed by atoms with Crippen molar-refractivity contribution in [1.82, 2.24) is 4.90 Å². The second-order valence-corrected chi connectivity index (χ2v) is 6.00. The number of methoxy groups -OCH3 is 1. The number of benzene rings is 2. The van der Waals surface area contributed by atoms with E-state index in [4.69, 9.17) is 10.00 Å². The highest BCUT2D eigenvalue weighted by Crippen LogP contribution is 2.27. The molecule has 1 amide bonds. The first kappa shape index (κ1) is 16.1. The van der Waals surface area contributed by atoms with Gasteiger partial charge in [0.2, 0.25) is 0 Å². The minimum absolute atomic E-state index is 0.0388. The summed E-state index contributed by atoms with van der Waals surface area (Å²) in [6.45, 7) is 0.776. The molecule has 4 heteroatoms. The Morgan fingerprint density at radius 1 is 1.25 bits per heavy atom. The van der Waals surface area contributed by atoms with Crippen molar-refractivity contribution in [3.8, 4) is 11.8 Å². The first-order valence-electron chi connectivity index (χ1n) is 8.16. The molecule has 1 unspecified atom stereocenters. The number of ether oxygens (including phenoxy) is 1. The Bertz CT molecular complexity index is 762. The molecule has 0 N–H and O–H groups in total. The summed E-state index contributed by atoms with van der Waals surface area (Å²) in [5.74, 6) is 0.909. The second kappa shape index (κ2) is 7.18. The van der Waals surface area contributed by atoms with Crippen molar-refractivity contribution in [2.75, 3.05) is 13.7 Å². The zero-order valence-corrected chi connectivity index (χ0v) is 13.7. The van der Waals surface area contributed by atoms with Crippen molar-refractivity contribution < 1.29 is 9.53 Å². The molecule has 3 rings (SSSR count). The number of carbonyl (C=O) groups excluding carboxylic acids is 1. The van der Waals surface area contributed by atoms with Crippen molar-refractivity contribution >= 4 is 5.91 Å². The van der Waals surface area contributed by atoms with E-state index in [1.54, 1.807) is 31.4 Å². The number of hydrogen-bond acceptors (Lipinski definition) is 3. The SMILES string of the molecule is COc1ccccc1CC1CCCN1C(=O)c1ccc(C#N)cc1. The van der Waals surface area contributed by atoms with Gasteiger partial charge in [-0.1, -0.05) is 18.2 Å². The highest BCUT2D eigenvalue weighted by molar-refractivity contribution is 5.94. The molecule has 1 heterocycles. The van der Waals surface area contributed by atoms with Gasteiger partial charge in [0.15, 0.2) is 0 Å². The lowest BCUT2D eigenvalue weighted by molar-refractivity contribution is 0.0736. The summed E-state index contributed by atoms with van der Waals surface area (Å²) in [4.78, 5) is 14.8. The van der Waals surface area contributed by atoms with Crippen LogP contribution in [0, 0.1) is 11.3 Å². The average molecular weight is 320 g/mol. The van der Waals surface area contributed by atoms with Gasteiger partial charge >= 0.3 is 0 Å². The molecular formula is C20H20N2O2. The fourth-order valence-electron chi connectivity index (χ4n) is 3.29. The summed E-state index contributed by atoms with van der Waals surface area (Å²) in [5.41, 5.74) is 2.34. The van der Waals surface area contributed by atoms with E-state index in [1.165, 1.54) is 0 Å². The number of carbonyl (C=O) groups is 1. The predicted octanol–water partition coefficient (Wildman–Crippen LogP) is 3.41. The molecule has 0 bridgehead atoms. The Morgan fingerprint density at radius 3 is 2.71 bits per heavy atom. The van der Waals surface area contributed by atoms with Crippen LogP contribution in [0.5, 0.6) is 5.75 Å². The van der Waals surface area contributed by atoms with Gasteiger partial charge in [-0.3, -0.25) is 4.79 Å². The van der Waals surface area contributed by atoms with Crippen LogP contribution in [-0.4, -0.2) is 30.5 Å². The van der Waals surface area contributed by atoms with E-state index < -0.39 is 0 Å². The second-order valence-electron chi connectivity index (χ2n) is 6.00. The smallest absolute Gasteiger partial charge is 0.254 e. The molecule has 1 atom stereocenters. The van der Waals surface area contributed by atoms with Crippen LogP contribution in [0.15, 0.2) is 48.5 Å². The van der Waals surface area contributed by atoms with Crippen molar-refractivity contribution in [3.05, 3.63) is 65.2 Å². The number of hydrogen-bond donors (Lipinski definition) is 0. The third-order valence-electron chi connectivity index (χ3n) is 4.55. The van der Waals surface area contributed by atoms with E-state index in [-0.39, 0.29) is 11.9 Å². The minimum Gasteiger partial charge on any atom is -0.496 e. The number of nitrogens with zero attached hydrogens (tertiary/aromatic N) is 2. The number of amides is 1. The average Bonchev–Trinajstić information content (AvgIpc) is 3.10. The summed E-state index contributed by atoms with van der Waals surface area (Å²) in [5, 5.41) is 8.88. The van der Waals surface area contributed by atoms with Crippen LogP contribution in [0.3, 0.4) is 0 Å². The van der Waals surface area contributed by atoms with Crippen LogP contribution in [-0.2, 0) is 6.42 Å². The number of nitriles is 1.